The predicted molar refractivity (Wildman–Crippen MR) is 57.7 cm³/mol. The first-order chi connectivity index (χ1) is 6.04. The second kappa shape index (κ2) is 8.30. The molecular formula is C10H19Cl2NO. The van der Waals surface area contributed by atoms with Gasteiger partial charge in [-0.1, -0.05) is 18.2 Å². The minimum absolute atomic E-state index is 0. The molecule has 0 rings (SSSR count). The zero-order valence-electron chi connectivity index (χ0n) is 8.79. The van der Waals surface area contributed by atoms with Crippen LogP contribution in [0.1, 0.15) is 6.92 Å². The van der Waals surface area contributed by atoms with Crippen molar-refractivity contribution in [3.05, 3.63) is 24.3 Å². The van der Waals surface area contributed by atoms with Gasteiger partial charge in [0.25, 0.3) is 0 Å². The lowest BCUT2D eigenvalue weighted by Gasteiger charge is -2.33. The highest BCUT2D eigenvalue weighted by Crippen LogP contribution is 2.05. The lowest BCUT2D eigenvalue weighted by molar-refractivity contribution is -0.901. The molecule has 2 atom stereocenters. The molecule has 0 aliphatic rings. The summed E-state index contributed by atoms with van der Waals surface area (Å²) in [6, 6.07) is 0. The third-order valence-electron chi connectivity index (χ3n) is 1.91. The van der Waals surface area contributed by atoms with Gasteiger partial charge in [-0.25, -0.2) is 0 Å². The van der Waals surface area contributed by atoms with E-state index in [0.29, 0.717) is 6.54 Å². The van der Waals surface area contributed by atoms with Crippen LogP contribution in [0.4, 0.5) is 0 Å². The third kappa shape index (κ3) is 7.39. The van der Waals surface area contributed by atoms with E-state index in [9.17, 15) is 5.11 Å². The number of likely N-dealkylation sites (N-methyl/N-ethyl adjacent to an activating group) is 1. The second-order valence-electron chi connectivity index (χ2n) is 3.67. The highest BCUT2D eigenvalue weighted by atomic mass is 35.5. The molecule has 0 fully saturated rings. The summed E-state index contributed by atoms with van der Waals surface area (Å²) in [6.07, 6.45) is 3.46. The van der Waals surface area contributed by atoms with Crippen LogP contribution in [0, 0.1) is 0 Å². The molecule has 0 amide bonds. The summed E-state index contributed by atoms with van der Waals surface area (Å²) in [5.41, 5.74) is 1.52. The first-order valence-corrected chi connectivity index (χ1v) is 4.85. The molecule has 1 N–H and O–H groups in total. The molecule has 0 bridgehead atoms. The maximum atomic E-state index is 9.31. The number of hydrogen-bond acceptors (Lipinski definition) is 1. The zero-order valence-corrected chi connectivity index (χ0v) is 10.3. The topological polar surface area (TPSA) is 20.2 Å². The van der Waals surface area contributed by atoms with Gasteiger partial charge >= 0.3 is 0 Å². The molecule has 14 heavy (non-hydrogen) atoms. The number of nitrogens with zero attached hydrogens (tertiary/aromatic N) is 1. The number of rotatable bonds is 6. The second-order valence-corrected chi connectivity index (χ2v) is 3.92. The van der Waals surface area contributed by atoms with Gasteiger partial charge in [0.05, 0.1) is 20.1 Å². The van der Waals surface area contributed by atoms with Crippen molar-refractivity contribution in [3.63, 3.8) is 0 Å². The van der Waals surface area contributed by atoms with Crippen molar-refractivity contribution < 1.29 is 22.0 Å². The van der Waals surface area contributed by atoms with E-state index < -0.39 is 0 Å². The van der Waals surface area contributed by atoms with Crippen LogP contribution in [0.5, 0.6) is 0 Å². The Bertz CT molecular complexity index is 183. The van der Waals surface area contributed by atoms with Gasteiger partial charge in [0.15, 0.2) is 0 Å². The standard InChI is InChI=1S/C10H19ClNO.ClH/c1-4-7-12(3,8-5-6-11)9-10(2)13;/h4-6,10,13H,1,7-9H2,2-3H3;1H/q+1;/p-1. The molecule has 0 radical (unpaired) electrons. The predicted octanol–water partition coefficient (Wildman–Crippen LogP) is -1.24. The first-order valence-electron chi connectivity index (χ1n) is 4.42. The molecule has 4 heteroatoms. The smallest absolute Gasteiger partial charge is 0.105 e. The number of quaternary nitrogens is 1. The number of aliphatic hydroxyl groups excluding tert-OH is 1. The van der Waals surface area contributed by atoms with E-state index in [1.54, 1.807) is 6.92 Å². The van der Waals surface area contributed by atoms with Crippen molar-refractivity contribution in [1.82, 2.24) is 0 Å². The molecular weight excluding hydrogens is 221 g/mol. The number of aliphatic hydroxyl groups is 1. The summed E-state index contributed by atoms with van der Waals surface area (Å²) in [5.74, 6) is 0. The first kappa shape index (κ1) is 16.4. The molecule has 0 saturated heterocycles. The van der Waals surface area contributed by atoms with Crippen molar-refractivity contribution in [2.45, 2.75) is 13.0 Å². The molecule has 0 spiro atoms. The fraction of sp³-hybridized carbons (Fsp3) is 0.600. The van der Waals surface area contributed by atoms with E-state index in [-0.39, 0.29) is 18.5 Å². The summed E-state index contributed by atoms with van der Waals surface area (Å²) in [7, 11) is 2.07. The average Bonchev–Trinajstić information content (AvgIpc) is 2.00. The van der Waals surface area contributed by atoms with Gasteiger partial charge in [-0.15, -0.1) is 0 Å². The quantitative estimate of drug-likeness (QED) is 0.454. The maximum Gasteiger partial charge on any atom is 0.105 e. The van der Waals surface area contributed by atoms with Crippen LogP contribution in [0.15, 0.2) is 24.3 Å². The SMILES string of the molecule is C=CC[N+](C)(CC=CCl)CC(C)O.[Cl-]. The lowest BCUT2D eigenvalue weighted by atomic mass is 10.3. The van der Waals surface area contributed by atoms with Crippen LogP contribution in [0.25, 0.3) is 0 Å². The molecule has 0 aromatic carbocycles. The van der Waals surface area contributed by atoms with E-state index >= 15 is 0 Å². The summed E-state index contributed by atoms with van der Waals surface area (Å²) in [5, 5.41) is 9.31. The van der Waals surface area contributed by atoms with Crippen molar-refractivity contribution >= 4 is 11.6 Å². The van der Waals surface area contributed by atoms with Gasteiger partial charge in [-0.2, -0.15) is 0 Å². The van der Waals surface area contributed by atoms with Crippen molar-refractivity contribution in [3.8, 4) is 0 Å². The monoisotopic (exact) mass is 239 g/mol. The Balaban J connectivity index is 0. The molecule has 0 saturated carbocycles. The van der Waals surface area contributed by atoms with Crippen LogP contribution >= 0.6 is 11.6 Å². The molecule has 0 heterocycles. The molecule has 0 aromatic heterocycles. The van der Waals surface area contributed by atoms with Gasteiger partial charge < -0.3 is 22.0 Å². The van der Waals surface area contributed by atoms with Gasteiger partial charge in [0.2, 0.25) is 0 Å². The molecule has 2 unspecified atom stereocenters. The molecule has 0 aliphatic carbocycles. The Morgan fingerprint density at radius 3 is 2.43 bits per heavy atom. The lowest BCUT2D eigenvalue weighted by Crippen LogP contribution is -3.00. The largest absolute Gasteiger partial charge is 1.00 e. The Labute approximate surface area is 97.9 Å². The Kier molecular flexibility index (Phi) is 9.73. The Morgan fingerprint density at radius 1 is 1.50 bits per heavy atom. The van der Waals surface area contributed by atoms with Crippen LogP contribution < -0.4 is 12.4 Å². The molecule has 2 nitrogen and oxygen atoms in total. The molecule has 0 aliphatic heterocycles. The van der Waals surface area contributed by atoms with Crippen LogP contribution in [0.3, 0.4) is 0 Å². The van der Waals surface area contributed by atoms with Gasteiger partial charge in [-0.05, 0) is 19.1 Å². The van der Waals surface area contributed by atoms with Crippen molar-refractivity contribution in [1.29, 1.82) is 0 Å². The minimum Gasteiger partial charge on any atom is -1.00 e. The van der Waals surface area contributed by atoms with Gasteiger partial charge in [-0.3, -0.25) is 0 Å². The van der Waals surface area contributed by atoms with Crippen LogP contribution in [0.2, 0.25) is 0 Å². The normalized spacial score (nSPS) is 17.1. The molecule has 84 valence electrons. The zero-order chi connectivity index (χ0) is 10.3. The van der Waals surface area contributed by atoms with E-state index in [1.165, 1.54) is 5.54 Å². The third-order valence-corrected chi connectivity index (χ3v) is 2.09. The summed E-state index contributed by atoms with van der Waals surface area (Å²) in [6.45, 7) is 7.88. The summed E-state index contributed by atoms with van der Waals surface area (Å²) in [4.78, 5) is 0. The fourth-order valence-corrected chi connectivity index (χ4v) is 1.55. The summed E-state index contributed by atoms with van der Waals surface area (Å²) < 4.78 is 0.740. The highest BCUT2D eigenvalue weighted by Gasteiger charge is 2.20. The van der Waals surface area contributed by atoms with E-state index in [2.05, 4.69) is 13.6 Å². The van der Waals surface area contributed by atoms with Crippen LogP contribution in [-0.4, -0.2) is 42.4 Å². The maximum absolute atomic E-state index is 9.31. The fourth-order valence-electron chi connectivity index (χ4n) is 1.47. The van der Waals surface area contributed by atoms with Gasteiger partial charge in [0, 0.05) is 5.54 Å². The Morgan fingerprint density at radius 2 is 2.07 bits per heavy atom. The number of halogens is 2. The van der Waals surface area contributed by atoms with E-state index in [1.807, 2.05) is 12.2 Å². The highest BCUT2D eigenvalue weighted by molar-refractivity contribution is 6.25. The number of hydrogen-bond donors (Lipinski definition) is 1. The van der Waals surface area contributed by atoms with Crippen molar-refractivity contribution in [2.75, 3.05) is 26.7 Å². The van der Waals surface area contributed by atoms with E-state index in [0.717, 1.165) is 17.6 Å². The summed E-state index contributed by atoms with van der Waals surface area (Å²) >= 11 is 5.47. The molecule has 0 aromatic rings. The van der Waals surface area contributed by atoms with Crippen molar-refractivity contribution in [2.24, 2.45) is 0 Å². The Hall–Kier alpha value is -0.0200. The minimum atomic E-state index is -0.298. The van der Waals surface area contributed by atoms with Gasteiger partial charge in [0.1, 0.15) is 12.6 Å². The van der Waals surface area contributed by atoms with Crippen LogP contribution in [-0.2, 0) is 0 Å². The van der Waals surface area contributed by atoms with E-state index in [4.69, 9.17) is 11.6 Å². The average molecular weight is 240 g/mol.